The Kier molecular flexibility index (Phi) is 5.46. The largest absolute Gasteiger partial charge is 0.418 e. The van der Waals surface area contributed by atoms with Crippen molar-refractivity contribution in [1.82, 2.24) is 4.98 Å². The highest BCUT2D eigenvalue weighted by molar-refractivity contribution is 6.16. The number of aromatic nitrogens is 1. The van der Waals surface area contributed by atoms with Gasteiger partial charge in [-0.3, -0.25) is 9.78 Å². The molecule has 166 valence electrons. The van der Waals surface area contributed by atoms with Crippen molar-refractivity contribution in [3.8, 4) is 22.3 Å². The molecule has 0 fully saturated rings. The molecular weight excluding hydrogens is 435 g/mol. The monoisotopic (exact) mass is 453 g/mol. The zero-order valence-electron chi connectivity index (χ0n) is 17.9. The van der Waals surface area contributed by atoms with Crippen molar-refractivity contribution in [2.75, 3.05) is 0 Å². The topological polar surface area (TPSA) is 30.0 Å². The number of carbonyl (C=O) groups is 1. The third-order valence-electron chi connectivity index (χ3n) is 5.76. The fraction of sp³-hybridized carbons (Fsp3) is 0.0345. The maximum Gasteiger partial charge on any atom is 0.418 e. The predicted octanol–water partition coefficient (Wildman–Crippen LogP) is 7.82. The number of rotatable bonds is 4. The van der Waals surface area contributed by atoms with Gasteiger partial charge in [0.2, 0.25) is 0 Å². The van der Waals surface area contributed by atoms with Gasteiger partial charge in [-0.2, -0.15) is 13.2 Å². The maximum absolute atomic E-state index is 13.7. The van der Waals surface area contributed by atoms with Crippen LogP contribution in [-0.4, -0.2) is 10.8 Å². The Balaban J connectivity index is 1.74. The van der Waals surface area contributed by atoms with Gasteiger partial charge in [0.25, 0.3) is 0 Å². The second-order valence-corrected chi connectivity index (χ2v) is 7.88. The van der Waals surface area contributed by atoms with Crippen LogP contribution in [0.15, 0.2) is 109 Å². The summed E-state index contributed by atoms with van der Waals surface area (Å²) < 4.78 is 41.1. The Bertz CT molecular complexity index is 1480. The number of fused-ring (bicyclic) bond motifs is 1. The number of carbonyl (C=O) groups excluding carboxylic acids is 1. The lowest BCUT2D eigenvalue weighted by atomic mass is 9.90. The molecule has 5 heteroatoms. The average molecular weight is 453 g/mol. The van der Waals surface area contributed by atoms with Crippen LogP contribution in [0, 0.1) is 0 Å². The van der Waals surface area contributed by atoms with Gasteiger partial charge in [0.05, 0.1) is 11.1 Å². The first-order valence-corrected chi connectivity index (χ1v) is 10.7. The van der Waals surface area contributed by atoms with Crippen molar-refractivity contribution < 1.29 is 18.0 Å². The summed E-state index contributed by atoms with van der Waals surface area (Å²) in [5, 5.41) is 0.282. The Labute approximate surface area is 194 Å². The summed E-state index contributed by atoms with van der Waals surface area (Å²) in [4.78, 5) is 17.5. The SMILES string of the molecule is O=C(c1ccccc1)c1cnc2c(C(F)(F)F)cccc2c1-c1ccc(-c2ccccc2)cc1. The lowest BCUT2D eigenvalue weighted by Gasteiger charge is -2.16. The smallest absolute Gasteiger partial charge is 0.289 e. The Morgan fingerprint density at radius 2 is 1.24 bits per heavy atom. The van der Waals surface area contributed by atoms with Crippen LogP contribution in [0.4, 0.5) is 13.2 Å². The van der Waals surface area contributed by atoms with Gasteiger partial charge in [-0.15, -0.1) is 0 Å². The van der Waals surface area contributed by atoms with Gasteiger partial charge < -0.3 is 0 Å². The molecule has 0 atom stereocenters. The quantitative estimate of drug-likeness (QED) is 0.260. The van der Waals surface area contributed by atoms with E-state index in [-0.39, 0.29) is 22.2 Å². The van der Waals surface area contributed by atoms with Crippen LogP contribution in [0.2, 0.25) is 0 Å². The molecule has 5 rings (SSSR count). The minimum Gasteiger partial charge on any atom is -0.289 e. The summed E-state index contributed by atoms with van der Waals surface area (Å²) in [6.45, 7) is 0. The summed E-state index contributed by atoms with van der Waals surface area (Å²) in [7, 11) is 0. The minimum absolute atomic E-state index is 0.179. The van der Waals surface area contributed by atoms with Crippen LogP contribution in [0.25, 0.3) is 33.2 Å². The van der Waals surface area contributed by atoms with E-state index in [9.17, 15) is 18.0 Å². The highest BCUT2D eigenvalue weighted by atomic mass is 19.4. The van der Waals surface area contributed by atoms with Gasteiger partial charge in [0.15, 0.2) is 5.78 Å². The van der Waals surface area contributed by atoms with Crippen LogP contribution in [0.5, 0.6) is 0 Å². The summed E-state index contributed by atoms with van der Waals surface area (Å²) >= 11 is 0. The number of pyridine rings is 1. The third kappa shape index (κ3) is 3.97. The number of para-hydroxylation sites is 1. The molecule has 0 amide bonds. The van der Waals surface area contributed by atoms with E-state index in [4.69, 9.17) is 0 Å². The predicted molar refractivity (Wildman–Crippen MR) is 127 cm³/mol. The fourth-order valence-electron chi connectivity index (χ4n) is 4.14. The molecule has 4 aromatic carbocycles. The van der Waals surface area contributed by atoms with Gasteiger partial charge in [-0.25, -0.2) is 0 Å². The number of hydrogen-bond donors (Lipinski definition) is 0. The van der Waals surface area contributed by atoms with E-state index in [1.807, 2.05) is 54.6 Å². The van der Waals surface area contributed by atoms with Crippen LogP contribution in [-0.2, 0) is 6.18 Å². The maximum atomic E-state index is 13.7. The Morgan fingerprint density at radius 1 is 0.647 bits per heavy atom. The molecule has 0 N–H and O–H groups in total. The molecule has 2 nitrogen and oxygen atoms in total. The lowest BCUT2D eigenvalue weighted by Crippen LogP contribution is -2.09. The fourth-order valence-corrected chi connectivity index (χ4v) is 4.14. The molecule has 1 aromatic heterocycles. The van der Waals surface area contributed by atoms with Gasteiger partial charge >= 0.3 is 6.18 Å². The lowest BCUT2D eigenvalue weighted by molar-refractivity contribution is -0.136. The van der Waals surface area contributed by atoms with Gasteiger partial charge in [-0.05, 0) is 22.8 Å². The number of nitrogens with zero attached hydrogens (tertiary/aromatic N) is 1. The molecule has 0 bridgehead atoms. The molecule has 0 aliphatic heterocycles. The molecule has 5 aromatic rings. The highest BCUT2D eigenvalue weighted by Crippen LogP contribution is 2.39. The van der Waals surface area contributed by atoms with E-state index in [1.165, 1.54) is 12.3 Å². The molecule has 34 heavy (non-hydrogen) atoms. The first-order valence-electron chi connectivity index (χ1n) is 10.7. The molecule has 0 saturated carbocycles. The van der Waals surface area contributed by atoms with E-state index in [0.29, 0.717) is 16.7 Å². The van der Waals surface area contributed by atoms with Crippen LogP contribution in [0.1, 0.15) is 21.5 Å². The van der Waals surface area contributed by atoms with Crippen molar-refractivity contribution >= 4 is 16.7 Å². The molecule has 0 aliphatic rings. The first kappa shape index (κ1) is 21.6. The van der Waals surface area contributed by atoms with Gasteiger partial charge in [-0.1, -0.05) is 97.1 Å². The van der Waals surface area contributed by atoms with E-state index in [2.05, 4.69) is 4.98 Å². The van der Waals surface area contributed by atoms with Gasteiger partial charge in [0, 0.05) is 28.3 Å². The third-order valence-corrected chi connectivity index (χ3v) is 5.76. The average Bonchev–Trinajstić information content (AvgIpc) is 2.88. The Hall–Kier alpha value is -4.25. The normalized spacial score (nSPS) is 11.5. The zero-order chi connectivity index (χ0) is 23.7. The van der Waals surface area contributed by atoms with Crippen molar-refractivity contribution in [3.05, 3.63) is 126 Å². The molecular formula is C29H18F3NO. The second-order valence-electron chi connectivity index (χ2n) is 7.88. The molecule has 0 spiro atoms. The number of hydrogen-bond acceptors (Lipinski definition) is 2. The second kappa shape index (κ2) is 8.60. The number of ketones is 1. The summed E-state index contributed by atoms with van der Waals surface area (Å²) in [6.07, 6.45) is -3.31. The van der Waals surface area contributed by atoms with Gasteiger partial charge in [0.1, 0.15) is 0 Å². The Morgan fingerprint density at radius 3 is 1.88 bits per heavy atom. The van der Waals surface area contributed by atoms with E-state index >= 15 is 0 Å². The van der Waals surface area contributed by atoms with Crippen LogP contribution < -0.4 is 0 Å². The van der Waals surface area contributed by atoms with Crippen LogP contribution in [0.3, 0.4) is 0 Å². The van der Waals surface area contributed by atoms with Crippen LogP contribution >= 0.6 is 0 Å². The summed E-state index contributed by atoms with van der Waals surface area (Å²) in [6, 6.07) is 29.9. The van der Waals surface area contributed by atoms with Crippen molar-refractivity contribution in [1.29, 1.82) is 0 Å². The van der Waals surface area contributed by atoms with E-state index in [1.54, 1.807) is 36.4 Å². The van der Waals surface area contributed by atoms with E-state index in [0.717, 1.165) is 17.2 Å². The molecule has 0 radical (unpaired) electrons. The summed E-state index contributed by atoms with van der Waals surface area (Å²) in [5.74, 6) is -0.297. The van der Waals surface area contributed by atoms with E-state index < -0.39 is 11.7 Å². The number of halogens is 3. The van der Waals surface area contributed by atoms with Crippen molar-refractivity contribution in [3.63, 3.8) is 0 Å². The highest BCUT2D eigenvalue weighted by Gasteiger charge is 2.34. The summed E-state index contributed by atoms with van der Waals surface area (Å²) in [5.41, 5.74) is 2.76. The number of alkyl halides is 3. The molecule has 0 unspecified atom stereocenters. The number of benzene rings is 4. The zero-order valence-corrected chi connectivity index (χ0v) is 17.9. The van der Waals surface area contributed by atoms with Crippen molar-refractivity contribution in [2.45, 2.75) is 6.18 Å². The van der Waals surface area contributed by atoms with Crippen molar-refractivity contribution in [2.24, 2.45) is 0 Å². The first-order chi connectivity index (χ1) is 16.4. The molecule has 0 saturated heterocycles. The minimum atomic E-state index is -4.56. The standard InChI is InChI=1S/C29H18F3NO/c30-29(31,32)25-13-7-12-23-26(21-16-14-20(15-17-21)19-8-3-1-4-9-19)24(18-33-27(23)25)28(34)22-10-5-2-6-11-22/h1-18H. The molecule has 1 heterocycles. The molecule has 0 aliphatic carbocycles.